The molecule has 1 aliphatic carbocycles. The van der Waals surface area contributed by atoms with E-state index >= 15 is 0 Å². The minimum absolute atomic E-state index is 0.0676. The van der Waals surface area contributed by atoms with E-state index in [4.69, 9.17) is 9.47 Å². The van der Waals surface area contributed by atoms with Crippen molar-refractivity contribution in [2.45, 2.75) is 70.0 Å². The summed E-state index contributed by atoms with van der Waals surface area (Å²) in [4.78, 5) is 27.2. The summed E-state index contributed by atoms with van der Waals surface area (Å²) in [7, 11) is 3.27. The molecule has 7 nitrogen and oxygen atoms in total. The molecule has 1 aromatic rings. The van der Waals surface area contributed by atoms with Crippen LogP contribution in [0, 0.1) is 0 Å². The molecular weight excluding hydrogens is 370 g/mol. The molecule has 0 spiro atoms. The van der Waals surface area contributed by atoms with Gasteiger partial charge in [0, 0.05) is 23.7 Å². The summed E-state index contributed by atoms with van der Waals surface area (Å²) >= 11 is 0. The second-order valence-corrected chi connectivity index (χ2v) is 7.98. The van der Waals surface area contributed by atoms with E-state index in [-0.39, 0.29) is 24.0 Å². The predicted molar refractivity (Wildman–Crippen MR) is 111 cm³/mol. The first kappa shape index (κ1) is 21.4. The monoisotopic (exact) mass is 403 g/mol. The van der Waals surface area contributed by atoms with Crippen LogP contribution in [-0.2, 0) is 4.79 Å². The van der Waals surface area contributed by atoms with E-state index in [9.17, 15) is 9.59 Å². The first-order chi connectivity index (χ1) is 14.0. The predicted octanol–water partition coefficient (Wildman–Crippen LogP) is 3.39. The van der Waals surface area contributed by atoms with Gasteiger partial charge < -0.3 is 14.8 Å². The van der Waals surface area contributed by atoms with Crippen molar-refractivity contribution in [3.63, 3.8) is 0 Å². The van der Waals surface area contributed by atoms with E-state index in [0.29, 0.717) is 0 Å². The average Bonchev–Trinajstić information content (AvgIpc) is 3.22. The number of rotatable bonds is 6. The van der Waals surface area contributed by atoms with Gasteiger partial charge in [0.1, 0.15) is 11.5 Å². The molecule has 0 bridgehead atoms. The zero-order chi connectivity index (χ0) is 20.8. The molecule has 0 radical (unpaired) electrons. The van der Waals surface area contributed by atoms with E-state index in [1.54, 1.807) is 14.2 Å². The Labute approximate surface area is 173 Å². The van der Waals surface area contributed by atoms with Crippen LogP contribution < -0.4 is 20.1 Å². The van der Waals surface area contributed by atoms with Crippen LogP contribution in [0.25, 0.3) is 0 Å². The zero-order valence-corrected chi connectivity index (χ0v) is 17.7. The summed E-state index contributed by atoms with van der Waals surface area (Å²) in [5.74, 6) is 1.22. The highest BCUT2D eigenvalue weighted by atomic mass is 16.5. The van der Waals surface area contributed by atoms with Gasteiger partial charge in [0.2, 0.25) is 5.91 Å². The lowest BCUT2D eigenvalue weighted by atomic mass is 9.96. The number of carbonyl (C=O) groups is 2. The number of ether oxygens (including phenoxy) is 2. The van der Waals surface area contributed by atoms with Crippen LogP contribution in [-0.4, -0.2) is 49.7 Å². The standard InChI is InChI=1S/C22H33N3O4/c1-15(21(26)24-22(27)23-16-8-5-4-6-9-16)25-13-7-10-19(25)18-12-11-17(28-2)14-20(18)29-3/h11-12,14-16,19H,4-10,13H2,1-3H3,(H2,23,24,26,27)/t15-,19+/m0/s1. The maximum Gasteiger partial charge on any atom is 0.321 e. The molecule has 1 saturated carbocycles. The van der Waals surface area contributed by atoms with E-state index in [1.165, 1.54) is 6.42 Å². The summed E-state index contributed by atoms with van der Waals surface area (Å²) in [6.45, 7) is 2.66. The topological polar surface area (TPSA) is 79.9 Å². The third-order valence-corrected chi connectivity index (χ3v) is 6.15. The molecule has 160 valence electrons. The van der Waals surface area contributed by atoms with Gasteiger partial charge in [0.25, 0.3) is 0 Å². The van der Waals surface area contributed by atoms with Crippen LogP contribution in [0.15, 0.2) is 18.2 Å². The van der Waals surface area contributed by atoms with Crippen molar-refractivity contribution in [2.24, 2.45) is 0 Å². The number of imide groups is 1. The molecule has 1 aliphatic heterocycles. The number of amides is 3. The highest BCUT2D eigenvalue weighted by Gasteiger charge is 2.35. The molecule has 7 heteroatoms. The van der Waals surface area contributed by atoms with Gasteiger partial charge in [0.15, 0.2) is 0 Å². The Bertz CT molecular complexity index is 718. The fraction of sp³-hybridized carbons (Fsp3) is 0.636. The molecule has 2 atom stereocenters. The molecule has 2 fully saturated rings. The van der Waals surface area contributed by atoms with Crippen LogP contribution in [0.1, 0.15) is 63.5 Å². The second kappa shape index (κ2) is 9.96. The van der Waals surface area contributed by atoms with E-state index < -0.39 is 6.04 Å². The molecule has 29 heavy (non-hydrogen) atoms. The van der Waals surface area contributed by atoms with Crippen LogP contribution in [0.2, 0.25) is 0 Å². The number of nitrogens with one attached hydrogen (secondary N) is 2. The smallest absolute Gasteiger partial charge is 0.321 e. The van der Waals surface area contributed by atoms with Gasteiger partial charge in [-0.1, -0.05) is 25.3 Å². The third kappa shape index (κ3) is 5.21. The summed E-state index contributed by atoms with van der Waals surface area (Å²) in [6.07, 6.45) is 7.40. The van der Waals surface area contributed by atoms with Crippen molar-refractivity contribution in [1.29, 1.82) is 0 Å². The number of hydrogen-bond donors (Lipinski definition) is 2. The molecular formula is C22H33N3O4. The molecule has 3 amide bonds. The Balaban J connectivity index is 1.64. The maximum atomic E-state index is 12.7. The van der Waals surface area contributed by atoms with Crippen molar-refractivity contribution in [3.8, 4) is 11.5 Å². The lowest BCUT2D eigenvalue weighted by Crippen LogP contribution is -2.51. The number of benzene rings is 1. The van der Waals surface area contributed by atoms with Gasteiger partial charge in [-0.25, -0.2) is 4.79 Å². The molecule has 2 aliphatic rings. The maximum absolute atomic E-state index is 12.7. The van der Waals surface area contributed by atoms with E-state index in [2.05, 4.69) is 15.5 Å². The van der Waals surface area contributed by atoms with Crippen molar-refractivity contribution in [1.82, 2.24) is 15.5 Å². The summed E-state index contributed by atoms with van der Waals surface area (Å²) in [5, 5.41) is 5.49. The summed E-state index contributed by atoms with van der Waals surface area (Å²) < 4.78 is 10.9. The number of hydrogen-bond acceptors (Lipinski definition) is 5. The van der Waals surface area contributed by atoms with E-state index in [0.717, 1.165) is 62.1 Å². The first-order valence-electron chi connectivity index (χ1n) is 10.6. The number of nitrogens with zero attached hydrogens (tertiary/aromatic N) is 1. The minimum atomic E-state index is -0.411. The number of carbonyl (C=O) groups excluding carboxylic acids is 2. The van der Waals surface area contributed by atoms with Gasteiger partial charge >= 0.3 is 6.03 Å². The Kier molecular flexibility index (Phi) is 7.36. The Morgan fingerprint density at radius 1 is 1.07 bits per heavy atom. The largest absolute Gasteiger partial charge is 0.497 e. The van der Waals surface area contributed by atoms with Gasteiger partial charge in [-0.15, -0.1) is 0 Å². The van der Waals surface area contributed by atoms with Crippen LogP contribution in [0.3, 0.4) is 0 Å². The van der Waals surface area contributed by atoms with Gasteiger partial charge in [-0.3, -0.25) is 15.0 Å². The highest BCUT2D eigenvalue weighted by molar-refractivity contribution is 5.96. The van der Waals surface area contributed by atoms with Crippen molar-refractivity contribution in [2.75, 3.05) is 20.8 Å². The molecule has 1 aromatic carbocycles. The molecule has 0 unspecified atom stereocenters. The van der Waals surface area contributed by atoms with Crippen LogP contribution in [0.5, 0.6) is 11.5 Å². The molecule has 1 saturated heterocycles. The Morgan fingerprint density at radius 2 is 1.83 bits per heavy atom. The van der Waals surface area contributed by atoms with Crippen molar-refractivity contribution in [3.05, 3.63) is 23.8 Å². The highest BCUT2D eigenvalue weighted by Crippen LogP contribution is 2.39. The number of methoxy groups -OCH3 is 2. The molecule has 0 aromatic heterocycles. The van der Waals surface area contributed by atoms with E-state index in [1.807, 2.05) is 25.1 Å². The van der Waals surface area contributed by atoms with Gasteiger partial charge in [0.05, 0.1) is 20.3 Å². The third-order valence-electron chi connectivity index (χ3n) is 6.15. The molecule has 1 heterocycles. The Morgan fingerprint density at radius 3 is 2.52 bits per heavy atom. The molecule has 3 rings (SSSR count). The van der Waals surface area contributed by atoms with Crippen molar-refractivity contribution >= 4 is 11.9 Å². The van der Waals surface area contributed by atoms with Crippen molar-refractivity contribution < 1.29 is 19.1 Å². The SMILES string of the molecule is COc1ccc([C@H]2CCCN2[C@@H](C)C(=O)NC(=O)NC2CCCCC2)c(OC)c1. The van der Waals surface area contributed by atoms with Crippen LogP contribution >= 0.6 is 0 Å². The fourth-order valence-corrected chi connectivity index (χ4v) is 4.52. The minimum Gasteiger partial charge on any atom is -0.497 e. The zero-order valence-electron chi connectivity index (χ0n) is 17.7. The fourth-order valence-electron chi connectivity index (χ4n) is 4.52. The first-order valence-corrected chi connectivity index (χ1v) is 10.6. The normalized spacial score (nSPS) is 21.4. The van der Waals surface area contributed by atoms with Gasteiger partial charge in [-0.05, 0) is 45.2 Å². The van der Waals surface area contributed by atoms with Gasteiger partial charge in [-0.2, -0.15) is 0 Å². The Hall–Kier alpha value is -2.28. The quantitative estimate of drug-likeness (QED) is 0.761. The lowest BCUT2D eigenvalue weighted by Gasteiger charge is -2.31. The average molecular weight is 404 g/mol. The lowest BCUT2D eigenvalue weighted by molar-refractivity contribution is -0.125. The molecule has 2 N–H and O–H groups in total. The van der Waals surface area contributed by atoms with Crippen LogP contribution in [0.4, 0.5) is 4.79 Å². The number of likely N-dealkylation sites (tertiary alicyclic amines) is 1. The summed E-state index contributed by atoms with van der Waals surface area (Å²) in [5.41, 5.74) is 1.04. The second-order valence-electron chi connectivity index (χ2n) is 7.98. The summed E-state index contributed by atoms with van der Waals surface area (Å²) in [6, 6.07) is 5.23. The number of urea groups is 1.